The van der Waals surface area contributed by atoms with Crippen molar-refractivity contribution in [3.63, 3.8) is 0 Å². The summed E-state index contributed by atoms with van der Waals surface area (Å²) in [6.45, 7) is 3.37. The van der Waals surface area contributed by atoms with Gasteiger partial charge in [0.25, 0.3) is 0 Å². The summed E-state index contributed by atoms with van der Waals surface area (Å²) < 4.78 is 0. The maximum Gasteiger partial charge on any atom is 0.321 e. The van der Waals surface area contributed by atoms with Gasteiger partial charge < -0.3 is 15.3 Å². The highest BCUT2D eigenvalue weighted by atomic mass is 35.5. The number of nitrogens with one attached hydrogen (secondary N) is 1. The Labute approximate surface area is 118 Å². The van der Waals surface area contributed by atoms with Gasteiger partial charge in [0.2, 0.25) is 0 Å². The Balaban J connectivity index is 2.02. The van der Waals surface area contributed by atoms with Crippen molar-refractivity contribution in [2.75, 3.05) is 25.0 Å². The van der Waals surface area contributed by atoms with Crippen molar-refractivity contribution >= 4 is 23.3 Å². The molecule has 1 saturated heterocycles. The number of halogens is 1. The number of anilines is 1. The molecule has 1 heterocycles. The summed E-state index contributed by atoms with van der Waals surface area (Å²) >= 11 is 6.03. The Morgan fingerprint density at radius 1 is 1.58 bits per heavy atom. The topological polar surface area (TPSA) is 52.6 Å². The van der Waals surface area contributed by atoms with E-state index in [0.717, 1.165) is 30.6 Å². The van der Waals surface area contributed by atoms with E-state index in [0.29, 0.717) is 11.6 Å². The fraction of sp³-hybridized carbons (Fsp3) is 0.500. The molecule has 1 aliphatic rings. The highest BCUT2D eigenvalue weighted by Crippen LogP contribution is 2.24. The molecule has 0 radical (unpaired) electrons. The Morgan fingerprint density at radius 3 is 3.11 bits per heavy atom. The average molecular weight is 283 g/mol. The molecule has 2 N–H and O–H groups in total. The van der Waals surface area contributed by atoms with E-state index < -0.39 is 0 Å². The predicted octanol–water partition coefficient (Wildman–Crippen LogP) is 2.88. The van der Waals surface area contributed by atoms with E-state index in [2.05, 4.69) is 5.32 Å². The van der Waals surface area contributed by atoms with Crippen LogP contribution in [0.5, 0.6) is 0 Å². The molecule has 1 fully saturated rings. The molecule has 19 heavy (non-hydrogen) atoms. The lowest BCUT2D eigenvalue weighted by atomic mass is 9.99. The summed E-state index contributed by atoms with van der Waals surface area (Å²) in [5, 5.41) is 12.7. The van der Waals surface area contributed by atoms with Gasteiger partial charge in [-0.05, 0) is 43.4 Å². The van der Waals surface area contributed by atoms with Crippen LogP contribution in [0.1, 0.15) is 18.4 Å². The molecule has 5 heteroatoms. The van der Waals surface area contributed by atoms with Crippen LogP contribution in [0.3, 0.4) is 0 Å². The largest absolute Gasteiger partial charge is 0.396 e. The fourth-order valence-corrected chi connectivity index (χ4v) is 2.51. The number of aliphatic hydroxyl groups is 1. The highest BCUT2D eigenvalue weighted by molar-refractivity contribution is 6.31. The monoisotopic (exact) mass is 282 g/mol. The smallest absolute Gasteiger partial charge is 0.321 e. The SMILES string of the molecule is Cc1c(Cl)cccc1NC(=O)N1CCCC(CO)C1. The maximum atomic E-state index is 12.2. The van der Waals surface area contributed by atoms with E-state index in [9.17, 15) is 9.90 Å². The normalized spacial score (nSPS) is 19.3. The molecule has 1 aromatic rings. The third kappa shape index (κ3) is 3.39. The Hall–Kier alpha value is -1.26. The van der Waals surface area contributed by atoms with Crippen LogP contribution in [0.4, 0.5) is 10.5 Å². The number of nitrogens with zero attached hydrogens (tertiary/aromatic N) is 1. The molecule has 0 aromatic heterocycles. The summed E-state index contributed by atoms with van der Waals surface area (Å²) in [7, 11) is 0. The molecule has 104 valence electrons. The van der Waals surface area contributed by atoms with Gasteiger partial charge in [0.15, 0.2) is 0 Å². The molecular formula is C14H19ClN2O2. The second kappa shape index (κ2) is 6.26. The highest BCUT2D eigenvalue weighted by Gasteiger charge is 2.23. The number of carbonyl (C=O) groups excluding carboxylic acids is 1. The van der Waals surface area contributed by atoms with Crippen molar-refractivity contribution < 1.29 is 9.90 Å². The molecule has 2 amide bonds. The van der Waals surface area contributed by atoms with Gasteiger partial charge in [0.05, 0.1) is 0 Å². The Bertz CT molecular complexity index is 465. The quantitative estimate of drug-likeness (QED) is 0.876. The number of piperidine rings is 1. The third-order valence-corrected chi connectivity index (χ3v) is 3.98. The van der Waals surface area contributed by atoms with Crippen LogP contribution in [-0.4, -0.2) is 35.7 Å². The zero-order chi connectivity index (χ0) is 13.8. The molecule has 4 nitrogen and oxygen atoms in total. The van der Waals surface area contributed by atoms with Gasteiger partial charge in [-0.25, -0.2) is 4.79 Å². The van der Waals surface area contributed by atoms with E-state index in [1.807, 2.05) is 19.1 Å². The number of benzene rings is 1. The van der Waals surface area contributed by atoms with E-state index in [4.69, 9.17) is 11.6 Å². The number of amides is 2. The van der Waals surface area contributed by atoms with Gasteiger partial charge in [0, 0.05) is 30.4 Å². The summed E-state index contributed by atoms with van der Waals surface area (Å²) in [5.74, 6) is 0.194. The van der Waals surface area contributed by atoms with Gasteiger partial charge in [0.1, 0.15) is 0 Å². The minimum atomic E-state index is -0.122. The summed E-state index contributed by atoms with van der Waals surface area (Å²) in [5.41, 5.74) is 1.61. The van der Waals surface area contributed by atoms with Crippen molar-refractivity contribution in [3.8, 4) is 0 Å². The molecule has 0 spiro atoms. The van der Waals surface area contributed by atoms with Gasteiger partial charge in [-0.15, -0.1) is 0 Å². The molecule has 0 saturated carbocycles. The molecule has 1 atom stereocenters. The molecular weight excluding hydrogens is 264 g/mol. The minimum absolute atomic E-state index is 0.122. The first-order valence-electron chi connectivity index (χ1n) is 6.53. The number of hydrogen-bond acceptors (Lipinski definition) is 2. The summed E-state index contributed by atoms with van der Waals surface area (Å²) in [4.78, 5) is 13.9. The number of aliphatic hydroxyl groups excluding tert-OH is 1. The Morgan fingerprint density at radius 2 is 2.37 bits per heavy atom. The first kappa shape index (κ1) is 14.2. The van der Waals surface area contributed by atoms with E-state index in [-0.39, 0.29) is 18.6 Å². The van der Waals surface area contributed by atoms with Crippen LogP contribution >= 0.6 is 11.6 Å². The fourth-order valence-electron chi connectivity index (χ4n) is 2.34. The lowest BCUT2D eigenvalue weighted by molar-refractivity contribution is 0.136. The van der Waals surface area contributed by atoms with Crippen molar-refractivity contribution in [1.82, 2.24) is 4.90 Å². The Kier molecular flexibility index (Phi) is 4.66. The second-order valence-electron chi connectivity index (χ2n) is 4.98. The van der Waals surface area contributed by atoms with Crippen molar-refractivity contribution in [3.05, 3.63) is 28.8 Å². The van der Waals surface area contributed by atoms with Crippen LogP contribution in [0, 0.1) is 12.8 Å². The molecule has 1 unspecified atom stereocenters. The van der Waals surface area contributed by atoms with Gasteiger partial charge in [-0.3, -0.25) is 0 Å². The molecule has 1 aromatic carbocycles. The lowest BCUT2D eigenvalue weighted by Gasteiger charge is -2.32. The number of rotatable bonds is 2. The second-order valence-corrected chi connectivity index (χ2v) is 5.39. The first-order valence-corrected chi connectivity index (χ1v) is 6.91. The zero-order valence-electron chi connectivity index (χ0n) is 11.0. The standard InChI is InChI=1S/C14H19ClN2O2/c1-10-12(15)5-2-6-13(10)16-14(19)17-7-3-4-11(8-17)9-18/h2,5-6,11,18H,3-4,7-9H2,1H3,(H,16,19). The average Bonchev–Trinajstić information content (AvgIpc) is 2.44. The number of likely N-dealkylation sites (tertiary alicyclic amines) is 1. The maximum absolute atomic E-state index is 12.2. The zero-order valence-corrected chi connectivity index (χ0v) is 11.8. The summed E-state index contributed by atoms with van der Waals surface area (Å²) in [6.07, 6.45) is 1.92. The van der Waals surface area contributed by atoms with Crippen LogP contribution in [-0.2, 0) is 0 Å². The molecule has 0 bridgehead atoms. The number of carbonyl (C=O) groups is 1. The van der Waals surface area contributed by atoms with Crippen molar-refractivity contribution in [2.45, 2.75) is 19.8 Å². The van der Waals surface area contributed by atoms with Crippen LogP contribution in [0.2, 0.25) is 5.02 Å². The van der Waals surface area contributed by atoms with Crippen LogP contribution in [0.25, 0.3) is 0 Å². The molecule has 0 aliphatic carbocycles. The van der Waals surface area contributed by atoms with Crippen molar-refractivity contribution in [2.24, 2.45) is 5.92 Å². The minimum Gasteiger partial charge on any atom is -0.396 e. The first-order chi connectivity index (χ1) is 9.11. The van der Waals surface area contributed by atoms with Crippen molar-refractivity contribution in [1.29, 1.82) is 0 Å². The van der Waals surface area contributed by atoms with Gasteiger partial charge >= 0.3 is 6.03 Å². The van der Waals surface area contributed by atoms with Gasteiger partial charge in [-0.1, -0.05) is 17.7 Å². The van der Waals surface area contributed by atoms with Crippen LogP contribution < -0.4 is 5.32 Å². The predicted molar refractivity (Wildman–Crippen MR) is 76.6 cm³/mol. The van der Waals surface area contributed by atoms with E-state index in [1.54, 1.807) is 11.0 Å². The molecule has 2 rings (SSSR count). The summed E-state index contributed by atoms with van der Waals surface area (Å²) in [6, 6.07) is 5.34. The number of urea groups is 1. The van der Waals surface area contributed by atoms with Crippen LogP contribution in [0.15, 0.2) is 18.2 Å². The number of hydrogen-bond donors (Lipinski definition) is 2. The van der Waals surface area contributed by atoms with Gasteiger partial charge in [-0.2, -0.15) is 0 Å². The van der Waals surface area contributed by atoms with E-state index in [1.165, 1.54) is 0 Å². The lowest BCUT2D eigenvalue weighted by Crippen LogP contribution is -2.43. The van der Waals surface area contributed by atoms with E-state index >= 15 is 0 Å². The third-order valence-electron chi connectivity index (χ3n) is 3.57. The molecule has 1 aliphatic heterocycles.